The number of fused-ring (bicyclic) bond motifs is 2. The zero-order valence-electron chi connectivity index (χ0n) is 11.5. The number of ether oxygens (including phenoxy) is 2. The van der Waals surface area contributed by atoms with Crippen LogP contribution in [0.15, 0.2) is 18.2 Å². The van der Waals surface area contributed by atoms with Crippen molar-refractivity contribution in [2.24, 2.45) is 0 Å². The van der Waals surface area contributed by atoms with Crippen molar-refractivity contribution in [1.82, 2.24) is 5.32 Å². The Morgan fingerprint density at radius 1 is 1.30 bits per heavy atom. The maximum Gasteiger partial charge on any atom is 0.338 e. The highest BCUT2D eigenvalue weighted by molar-refractivity contribution is 5.90. The number of aromatic hydroxyl groups is 1. The molecule has 2 fully saturated rings. The van der Waals surface area contributed by atoms with Crippen molar-refractivity contribution in [3.63, 3.8) is 0 Å². The topological polar surface area (TPSA) is 67.8 Å². The van der Waals surface area contributed by atoms with Crippen LogP contribution >= 0.6 is 0 Å². The number of hydrogen-bond donors (Lipinski definition) is 2. The molecule has 0 amide bonds. The maximum atomic E-state index is 12.1. The van der Waals surface area contributed by atoms with Gasteiger partial charge >= 0.3 is 5.97 Å². The molecule has 20 heavy (non-hydrogen) atoms. The fourth-order valence-corrected chi connectivity index (χ4v) is 3.13. The summed E-state index contributed by atoms with van der Waals surface area (Å²) in [6, 6.07) is 5.48. The second-order valence-corrected chi connectivity index (χ2v) is 5.52. The van der Waals surface area contributed by atoms with Crippen LogP contribution in [0.4, 0.5) is 0 Å². The molecule has 0 aliphatic carbocycles. The summed E-state index contributed by atoms with van der Waals surface area (Å²) in [7, 11) is 1.45. The highest BCUT2D eigenvalue weighted by Crippen LogP contribution is 2.30. The van der Waals surface area contributed by atoms with Crippen molar-refractivity contribution in [2.75, 3.05) is 7.11 Å². The normalized spacial score (nSPS) is 28.1. The van der Waals surface area contributed by atoms with Crippen LogP contribution in [0.2, 0.25) is 0 Å². The number of esters is 1. The second kappa shape index (κ2) is 5.32. The third-order valence-electron chi connectivity index (χ3n) is 4.12. The van der Waals surface area contributed by atoms with Crippen LogP contribution in [0.1, 0.15) is 36.0 Å². The molecule has 2 bridgehead atoms. The Balaban J connectivity index is 1.67. The molecule has 1 aromatic carbocycles. The van der Waals surface area contributed by atoms with E-state index in [0.717, 1.165) is 12.8 Å². The summed E-state index contributed by atoms with van der Waals surface area (Å²) in [5.74, 6) is -0.0524. The number of carbonyl (C=O) groups is 1. The molecule has 0 spiro atoms. The molecule has 2 heterocycles. The Kier molecular flexibility index (Phi) is 3.53. The van der Waals surface area contributed by atoms with Crippen molar-refractivity contribution in [2.45, 2.75) is 43.9 Å². The van der Waals surface area contributed by atoms with Crippen molar-refractivity contribution in [3.05, 3.63) is 23.8 Å². The number of rotatable bonds is 3. The van der Waals surface area contributed by atoms with Crippen molar-refractivity contribution >= 4 is 5.97 Å². The predicted octanol–water partition coefficient (Wildman–Crippen LogP) is 1.84. The van der Waals surface area contributed by atoms with E-state index in [2.05, 4.69) is 5.32 Å². The molecule has 2 saturated heterocycles. The Bertz CT molecular complexity index is 505. The van der Waals surface area contributed by atoms with Crippen LogP contribution in [0.3, 0.4) is 0 Å². The van der Waals surface area contributed by atoms with Gasteiger partial charge in [-0.3, -0.25) is 0 Å². The van der Waals surface area contributed by atoms with Gasteiger partial charge in [-0.15, -0.1) is 0 Å². The quantitative estimate of drug-likeness (QED) is 0.825. The molecule has 2 N–H and O–H groups in total. The van der Waals surface area contributed by atoms with Crippen molar-refractivity contribution < 1.29 is 19.4 Å². The molecule has 0 unspecified atom stereocenters. The van der Waals surface area contributed by atoms with Crippen LogP contribution in [0.25, 0.3) is 0 Å². The zero-order chi connectivity index (χ0) is 14.1. The third-order valence-corrected chi connectivity index (χ3v) is 4.12. The van der Waals surface area contributed by atoms with E-state index in [9.17, 15) is 9.90 Å². The summed E-state index contributed by atoms with van der Waals surface area (Å²) in [4.78, 5) is 12.1. The van der Waals surface area contributed by atoms with Gasteiger partial charge in [-0.05, 0) is 43.9 Å². The molecule has 5 heteroatoms. The lowest BCUT2D eigenvalue weighted by Crippen LogP contribution is -2.42. The number of hydrogen-bond acceptors (Lipinski definition) is 5. The molecule has 2 atom stereocenters. The standard InChI is InChI=1S/C15H19NO4/c1-19-14-6-9(2-5-13(14)17)15(18)20-12-7-10-3-4-11(8-12)16-10/h2,5-6,10-12,16-17H,3-4,7-8H2,1H3/t10-,11-/m1/s1. The van der Waals surface area contributed by atoms with Gasteiger partial charge in [0, 0.05) is 12.1 Å². The Labute approximate surface area is 117 Å². The average molecular weight is 277 g/mol. The van der Waals surface area contributed by atoms with E-state index in [4.69, 9.17) is 9.47 Å². The van der Waals surface area contributed by atoms with E-state index in [0.29, 0.717) is 17.6 Å². The molecular weight excluding hydrogens is 258 g/mol. The Morgan fingerprint density at radius 2 is 2.00 bits per heavy atom. The van der Waals surface area contributed by atoms with Gasteiger partial charge in [0.05, 0.1) is 12.7 Å². The van der Waals surface area contributed by atoms with Gasteiger partial charge in [0.1, 0.15) is 6.10 Å². The zero-order valence-corrected chi connectivity index (χ0v) is 11.5. The monoisotopic (exact) mass is 277 g/mol. The van der Waals surface area contributed by atoms with Gasteiger partial charge in [0.15, 0.2) is 11.5 Å². The highest BCUT2D eigenvalue weighted by Gasteiger charge is 2.35. The van der Waals surface area contributed by atoms with E-state index in [-0.39, 0.29) is 23.6 Å². The molecule has 5 nitrogen and oxygen atoms in total. The van der Waals surface area contributed by atoms with E-state index in [1.54, 1.807) is 6.07 Å². The molecule has 2 aliphatic heterocycles. The van der Waals surface area contributed by atoms with Crippen molar-refractivity contribution in [1.29, 1.82) is 0 Å². The Hall–Kier alpha value is -1.75. The second-order valence-electron chi connectivity index (χ2n) is 5.52. The predicted molar refractivity (Wildman–Crippen MR) is 73.0 cm³/mol. The first kappa shape index (κ1) is 13.2. The molecule has 3 rings (SSSR count). The fraction of sp³-hybridized carbons (Fsp3) is 0.533. The Morgan fingerprint density at radius 3 is 2.65 bits per heavy atom. The van der Waals surface area contributed by atoms with E-state index < -0.39 is 0 Å². The molecule has 0 aromatic heterocycles. The highest BCUT2D eigenvalue weighted by atomic mass is 16.5. The third kappa shape index (κ3) is 2.58. The number of nitrogens with one attached hydrogen (secondary N) is 1. The number of phenols is 1. The van der Waals surface area contributed by atoms with Crippen LogP contribution in [-0.2, 0) is 4.74 Å². The molecule has 1 aromatic rings. The number of benzene rings is 1. The molecular formula is C15H19NO4. The summed E-state index contributed by atoms with van der Waals surface area (Å²) in [5, 5.41) is 13.0. The first-order valence-corrected chi connectivity index (χ1v) is 6.99. The van der Waals surface area contributed by atoms with Crippen LogP contribution in [0, 0.1) is 0 Å². The molecule has 2 aliphatic rings. The van der Waals surface area contributed by atoms with Gasteiger partial charge in [-0.25, -0.2) is 4.79 Å². The minimum Gasteiger partial charge on any atom is -0.504 e. The van der Waals surface area contributed by atoms with Crippen LogP contribution in [0.5, 0.6) is 11.5 Å². The van der Waals surface area contributed by atoms with Crippen molar-refractivity contribution in [3.8, 4) is 11.5 Å². The molecule has 0 saturated carbocycles. The first-order valence-electron chi connectivity index (χ1n) is 6.99. The minimum absolute atomic E-state index is 0.0129. The van der Waals surface area contributed by atoms with E-state index >= 15 is 0 Å². The summed E-state index contributed by atoms with van der Waals surface area (Å²) >= 11 is 0. The minimum atomic E-state index is -0.352. The average Bonchev–Trinajstić information content (AvgIpc) is 2.78. The summed E-state index contributed by atoms with van der Waals surface area (Å²) in [6.07, 6.45) is 4.10. The smallest absolute Gasteiger partial charge is 0.338 e. The lowest BCUT2D eigenvalue weighted by molar-refractivity contribution is 0.0177. The van der Waals surface area contributed by atoms with E-state index in [1.165, 1.54) is 32.1 Å². The first-order chi connectivity index (χ1) is 9.65. The summed E-state index contributed by atoms with van der Waals surface area (Å²) in [6.45, 7) is 0. The van der Waals surface area contributed by atoms with Gasteiger partial charge < -0.3 is 19.9 Å². The largest absolute Gasteiger partial charge is 0.504 e. The van der Waals surface area contributed by atoms with Crippen LogP contribution in [-0.4, -0.2) is 36.4 Å². The van der Waals surface area contributed by atoms with Gasteiger partial charge in [-0.2, -0.15) is 0 Å². The number of carbonyl (C=O) groups excluding carboxylic acids is 1. The van der Waals surface area contributed by atoms with Gasteiger partial charge in [0.2, 0.25) is 0 Å². The van der Waals surface area contributed by atoms with Gasteiger partial charge in [0.25, 0.3) is 0 Å². The maximum absolute atomic E-state index is 12.1. The van der Waals surface area contributed by atoms with E-state index in [1.807, 2.05) is 0 Å². The summed E-state index contributed by atoms with van der Waals surface area (Å²) in [5.41, 5.74) is 0.408. The molecule has 108 valence electrons. The lowest BCUT2D eigenvalue weighted by atomic mass is 10.0. The number of phenolic OH excluding ortho intramolecular Hbond substituents is 1. The SMILES string of the molecule is COc1cc(C(=O)OC2C[C@H]3CC[C@H](C2)N3)ccc1O. The molecule has 0 radical (unpaired) electrons. The fourth-order valence-electron chi connectivity index (χ4n) is 3.13. The summed E-state index contributed by atoms with van der Waals surface area (Å²) < 4.78 is 10.6. The van der Waals surface area contributed by atoms with Crippen LogP contribution < -0.4 is 10.1 Å². The van der Waals surface area contributed by atoms with Gasteiger partial charge in [-0.1, -0.05) is 0 Å². The number of methoxy groups -OCH3 is 1. The number of piperidine rings is 1. The lowest BCUT2D eigenvalue weighted by Gasteiger charge is -2.28.